The number of rotatable bonds is 5. The lowest BCUT2D eigenvalue weighted by molar-refractivity contribution is -0.0548. The zero-order chi connectivity index (χ0) is 27.1. The highest BCUT2D eigenvalue weighted by atomic mass is 19.1. The minimum Gasteiger partial charge on any atom is -0.372 e. The number of amides is 2. The maximum Gasteiger partial charge on any atom is 0.318 e. The van der Waals surface area contributed by atoms with Gasteiger partial charge in [0.2, 0.25) is 0 Å². The first-order chi connectivity index (χ1) is 18.9. The van der Waals surface area contributed by atoms with E-state index in [1.165, 1.54) is 34.5 Å². The first kappa shape index (κ1) is 25.8. The second-order valence-corrected chi connectivity index (χ2v) is 11.4. The van der Waals surface area contributed by atoms with Gasteiger partial charge < -0.3 is 15.0 Å². The van der Waals surface area contributed by atoms with Gasteiger partial charge in [-0.2, -0.15) is 5.10 Å². The molecule has 2 aromatic carbocycles. The van der Waals surface area contributed by atoms with Crippen LogP contribution in [-0.2, 0) is 11.2 Å². The minimum atomic E-state index is -0.241. The number of hydrogen-bond acceptors (Lipinski definition) is 3. The topological polar surface area (TPSA) is 59.4 Å². The van der Waals surface area contributed by atoms with Gasteiger partial charge in [-0.25, -0.2) is 13.9 Å². The Hall–Kier alpha value is -3.45. The lowest BCUT2D eigenvalue weighted by atomic mass is 9.78. The van der Waals surface area contributed by atoms with Gasteiger partial charge >= 0.3 is 6.03 Å². The van der Waals surface area contributed by atoms with Crippen molar-refractivity contribution in [1.29, 1.82) is 0 Å². The maximum absolute atomic E-state index is 13.5. The van der Waals surface area contributed by atoms with Crippen LogP contribution in [0.3, 0.4) is 0 Å². The number of allylic oxidation sites excluding steroid dienone is 2. The van der Waals surface area contributed by atoms with Gasteiger partial charge in [-0.3, -0.25) is 0 Å². The summed E-state index contributed by atoms with van der Waals surface area (Å²) in [5.74, 6) is 0.415. The average Bonchev–Trinajstić information content (AvgIpc) is 3.53. The van der Waals surface area contributed by atoms with E-state index < -0.39 is 0 Å². The van der Waals surface area contributed by atoms with Gasteiger partial charge in [-0.1, -0.05) is 48.4 Å². The summed E-state index contributed by atoms with van der Waals surface area (Å²) in [7, 11) is 0. The van der Waals surface area contributed by atoms with E-state index >= 15 is 0 Å². The monoisotopic (exact) mass is 528 g/mol. The van der Waals surface area contributed by atoms with E-state index in [1.54, 1.807) is 12.1 Å². The van der Waals surface area contributed by atoms with E-state index in [4.69, 9.17) is 9.84 Å². The maximum atomic E-state index is 13.5. The van der Waals surface area contributed by atoms with Gasteiger partial charge in [0.15, 0.2) is 0 Å². The van der Waals surface area contributed by atoms with Crippen molar-refractivity contribution >= 4 is 6.03 Å². The number of hydrogen-bond donors (Lipinski definition) is 1. The number of benzene rings is 2. The van der Waals surface area contributed by atoms with E-state index in [0.717, 1.165) is 36.9 Å². The highest BCUT2D eigenvalue weighted by Crippen LogP contribution is 2.49. The van der Waals surface area contributed by atoms with Crippen molar-refractivity contribution in [2.45, 2.75) is 70.6 Å². The second-order valence-electron chi connectivity index (χ2n) is 11.4. The summed E-state index contributed by atoms with van der Waals surface area (Å²) in [5.41, 5.74) is 7.51. The van der Waals surface area contributed by atoms with Crippen LogP contribution in [0.1, 0.15) is 68.8 Å². The van der Waals surface area contributed by atoms with Crippen LogP contribution in [0.4, 0.5) is 9.18 Å². The van der Waals surface area contributed by atoms with Crippen LogP contribution in [-0.4, -0.2) is 46.0 Å². The van der Waals surface area contributed by atoms with Gasteiger partial charge in [-0.15, -0.1) is 0 Å². The molecule has 1 fully saturated rings. The fraction of sp³-hybridized carbons (Fsp3) is 0.438. The standard InChI is InChI=1S/C32H37FN4O2/c1-20-18-36(19-21(2)39-20)32(38)35-29(23-7-5-4-6-8-23)15-24-9-10-25-16-30-28(22(3)31(24)25)17-34-37(30)27-13-11-26(33)12-14-27/h4-8,11-14,17,20-22,24,29H,9-10,15-16,18-19H2,1-3H3,(H,35,38)/t20?,21?,22-,24+,29?/m0/s1. The average molecular weight is 529 g/mol. The number of fused-ring (bicyclic) bond motifs is 1. The summed E-state index contributed by atoms with van der Waals surface area (Å²) in [6, 6.07) is 16.8. The van der Waals surface area contributed by atoms with E-state index in [0.29, 0.717) is 19.0 Å². The lowest BCUT2D eigenvalue weighted by Crippen LogP contribution is -2.52. The highest BCUT2D eigenvalue weighted by Gasteiger charge is 2.38. The molecule has 1 saturated heterocycles. The van der Waals surface area contributed by atoms with E-state index in [1.807, 2.05) is 47.8 Å². The third-order valence-electron chi connectivity index (χ3n) is 8.66. The number of morpholine rings is 1. The number of urea groups is 1. The molecule has 0 saturated carbocycles. The number of nitrogens with zero attached hydrogens (tertiary/aromatic N) is 3. The van der Waals surface area contributed by atoms with Crippen LogP contribution >= 0.6 is 0 Å². The molecule has 0 spiro atoms. The fourth-order valence-corrected chi connectivity index (χ4v) is 6.96. The van der Waals surface area contributed by atoms with Crippen molar-refractivity contribution in [3.8, 4) is 5.69 Å². The summed E-state index contributed by atoms with van der Waals surface area (Å²) >= 11 is 0. The van der Waals surface area contributed by atoms with Gasteiger partial charge in [0.25, 0.3) is 0 Å². The van der Waals surface area contributed by atoms with Crippen molar-refractivity contribution < 1.29 is 13.9 Å². The van der Waals surface area contributed by atoms with Crippen molar-refractivity contribution in [3.63, 3.8) is 0 Å². The molecular formula is C32H37FN4O2. The molecule has 5 atom stereocenters. The molecule has 6 rings (SSSR count). The van der Waals surface area contributed by atoms with Crippen LogP contribution in [0, 0.1) is 11.7 Å². The van der Waals surface area contributed by atoms with Gasteiger partial charge in [0, 0.05) is 31.0 Å². The SMILES string of the molecule is CC1CN(C(=O)NC(C[C@H]2CCC3=C2[C@@H](C)c2cnn(-c4ccc(F)cc4)c2C3)c2ccccc2)CC(C)O1. The molecule has 3 aromatic rings. The molecule has 1 aliphatic heterocycles. The number of aromatic nitrogens is 2. The molecule has 204 valence electrons. The van der Waals surface area contributed by atoms with E-state index in [-0.39, 0.29) is 36.0 Å². The fourth-order valence-electron chi connectivity index (χ4n) is 6.96. The Kier molecular flexibility index (Phi) is 7.02. The third-order valence-corrected chi connectivity index (χ3v) is 8.66. The Morgan fingerprint density at radius 2 is 1.79 bits per heavy atom. The zero-order valence-electron chi connectivity index (χ0n) is 22.9. The van der Waals surface area contributed by atoms with Crippen LogP contribution < -0.4 is 5.32 Å². The molecule has 1 N–H and O–H groups in total. The normalized spacial score (nSPS) is 25.3. The predicted molar refractivity (Wildman–Crippen MR) is 149 cm³/mol. The zero-order valence-corrected chi connectivity index (χ0v) is 22.9. The molecule has 1 aromatic heterocycles. The number of carbonyl (C=O) groups excluding carboxylic acids is 1. The van der Waals surface area contributed by atoms with E-state index in [9.17, 15) is 9.18 Å². The Bertz CT molecular complexity index is 1360. The molecular weight excluding hydrogens is 491 g/mol. The minimum absolute atomic E-state index is 0.0161. The Morgan fingerprint density at radius 3 is 2.51 bits per heavy atom. The largest absolute Gasteiger partial charge is 0.372 e. The molecule has 2 amide bonds. The predicted octanol–water partition coefficient (Wildman–Crippen LogP) is 6.33. The number of carbonyl (C=O) groups is 1. The molecule has 3 aliphatic rings. The van der Waals surface area contributed by atoms with E-state index in [2.05, 4.69) is 24.4 Å². The van der Waals surface area contributed by atoms with Crippen molar-refractivity contribution in [2.24, 2.45) is 5.92 Å². The van der Waals surface area contributed by atoms with Gasteiger partial charge in [0.1, 0.15) is 5.82 Å². The summed E-state index contributed by atoms with van der Waals surface area (Å²) in [4.78, 5) is 15.3. The first-order valence-electron chi connectivity index (χ1n) is 14.2. The van der Waals surface area contributed by atoms with Crippen molar-refractivity contribution in [2.75, 3.05) is 13.1 Å². The molecule has 2 aliphatic carbocycles. The smallest absolute Gasteiger partial charge is 0.318 e. The summed E-state index contributed by atoms with van der Waals surface area (Å²) in [6.07, 6.45) is 5.95. The summed E-state index contributed by atoms with van der Waals surface area (Å²) in [5, 5.41) is 8.10. The number of nitrogens with one attached hydrogen (secondary N) is 1. The molecule has 0 bridgehead atoms. The van der Waals surface area contributed by atoms with Crippen LogP contribution in [0.5, 0.6) is 0 Å². The summed E-state index contributed by atoms with van der Waals surface area (Å²) in [6.45, 7) is 7.54. The van der Waals surface area contributed by atoms with Gasteiger partial charge in [0.05, 0.1) is 35.8 Å². The summed E-state index contributed by atoms with van der Waals surface area (Å²) < 4.78 is 21.3. The van der Waals surface area contributed by atoms with Crippen LogP contribution in [0.2, 0.25) is 0 Å². The molecule has 3 unspecified atom stereocenters. The lowest BCUT2D eigenvalue weighted by Gasteiger charge is -2.36. The van der Waals surface area contributed by atoms with Crippen molar-refractivity contribution in [1.82, 2.24) is 20.0 Å². The van der Waals surface area contributed by atoms with Gasteiger partial charge in [-0.05, 0) is 68.9 Å². The van der Waals surface area contributed by atoms with Crippen LogP contribution in [0.25, 0.3) is 5.69 Å². The first-order valence-corrected chi connectivity index (χ1v) is 14.2. The molecule has 2 heterocycles. The number of ether oxygens (including phenoxy) is 1. The molecule has 6 nitrogen and oxygen atoms in total. The molecule has 39 heavy (non-hydrogen) atoms. The third kappa shape index (κ3) is 5.12. The second kappa shape index (κ2) is 10.6. The Morgan fingerprint density at radius 1 is 1.08 bits per heavy atom. The highest BCUT2D eigenvalue weighted by molar-refractivity contribution is 5.75. The Labute approximate surface area is 229 Å². The van der Waals surface area contributed by atoms with Crippen LogP contribution in [0.15, 0.2) is 71.9 Å². The Balaban J connectivity index is 1.23. The molecule has 0 radical (unpaired) electrons. The molecule has 7 heteroatoms. The quantitative estimate of drug-likeness (QED) is 0.394. The number of halogens is 1. The van der Waals surface area contributed by atoms with Crippen molar-refractivity contribution in [3.05, 3.63) is 94.6 Å².